The van der Waals surface area contributed by atoms with Gasteiger partial charge in [-0.1, -0.05) is 19.1 Å². The lowest BCUT2D eigenvalue weighted by molar-refractivity contribution is -0.325. The molecule has 0 aliphatic carbocycles. The van der Waals surface area contributed by atoms with Crippen LogP contribution in [0.4, 0.5) is 32.0 Å². The molecule has 15 heteroatoms. The third-order valence-corrected chi connectivity index (χ3v) is 9.02. The van der Waals surface area contributed by atoms with Crippen LogP contribution < -0.4 is 15.0 Å². The van der Waals surface area contributed by atoms with Gasteiger partial charge in [0.05, 0.1) is 48.1 Å². The standard InChI is InChI=1S/C30H30F6N2O6S/c1-2-45(41,42)26-13-5-19(6-14-26)27(17-39)37-28(40)20-3-9-22(10-4-20)38-16-25(15-23(38)18-43-30(34,35)36)44-24-11-7-21(8-12-24)29(31,32)33/h3-14,23,25,27,39H,2,15-18H2,1H3,(H,37,40)/t23-,25+,27-/m0/s1. The van der Waals surface area contributed by atoms with E-state index in [0.717, 1.165) is 24.3 Å². The van der Waals surface area contributed by atoms with E-state index in [2.05, 4.69) is 10.1 Å². The summed E-state index contributed by atoms with van der Waals surface area (Å²) in [5, 5.41) is 12.5. The third kappa shape index (κ3) is 8.89. The van der Waals surface area contributed by atoms with Crippen molar-refractivity contribution < 1.29 is 54.1 Å². The van der Waals surface area contributed by atoms with Crippen LogP contribution in [-0.4, -0.2) is 63.5 Å². The number of alkyl halides is 6. The average Bonchev–Trinajstić information content (AvgIpc) is 3.40. The monoisotopic (exact) mass is 660 g/mol. The van der Waals surface area contributed by atoms with Gasteiger partial charge < -0.3 is 20.1 Å². The van der Waals surface area contributed by atoms with Crippen molar-refractivity contribution in [2.75, 3.05) is 30.4 Å². The largest absolute Gasteiger partial charge is 0.522 e. The summed E-state index contributed by atoms with van der Waals surface area (Å²) in [5.41, 5.74) is 0.241. The number of rotatable bonds is 11. The number of anilines is 1. The number of hydrogen-bond donors (Lipinski definition) is 2. The molecule has 2 N–H and O–H groups in total. The van der Waals surface area contributed by atoms with Crippen molar-refractivity contribution in [1.29, 1.82) is 0 Å². The van der Waals surface area contributed by atoms with E-state index in [1.807, 2.05) is 0 Å². The van der Waals surface area contributed by atoms with Crippen molar-refractivity contribution in [3.8, 4) is 5.75 Å². The Kier molecular flexibility index (Phi) is 10.3. The quantitative estimate of drug-likeness (QED) is 0.261. The Morgan fingerprint density at radius 3 is 2.13 bits per heavy atom. The van der Waals surface area contributed by atoms with Crippen LogP contribution in [0.2, 0.25) is 0 Å². The third-order valence-electron chi connectivity index (χ3n) is 7.27. The van der Waals surface area contributed by atoms with Gasteiger partial charge in [0, 0.05) is 17.7 Å². The molecule has 1 saturated heterocycles. The lowest BCUT2D eigenvalue weighted by Crippen LogP contribution is -2.35. The molecule has 0 saturated carbocycles. The summed E-state index contributed by atoms with van der Waals surface area (Å²) in [4.78, 5) is 14.7. The molecule has 3 atom stereocenters. The summed E-state index contributed by atoms with van der Waals surface area (Å²) in [6.07, 6.45) is -10.0. The molecule has 0 radical (unpaired) electrons. The number of halogens is 6. The van der Waals surface area contributed by atoms with Gasteiger partial charge in [0.25, 0.3) is 5.91 Å². The highest BCUT2D eigenvalue weighted by molar-refractivity contribution is 7.91. The summed E-state index contributed by atoms with van der Waals surface area (Å²) in [6, 6.07) is 14.0. The minimum atomic E-state index is -4.88. The van der Waals surface area contributed by atoms with Crippen LogP contribution in [0.1, 0.15) is 40.9 Å². The van der Waals surface area contributed by atoms with Crippen molar-refractivity contribution in [2.24, 2.45) is 0 Å². The molecule has 0 unspecified atom stereocenters. The van der Waals surface area contributed by atoms with Crippen LogP contribution in [0.3, 0.4) is 0 Å². The number of carbonyl (C=O) groups is 1. The van der Waals surface area contributed by atoms with Crippen LogP contribution in [0.15, 0.2) is 77.7 Å². The van der Waals surface area contributed by atoms with Crippen LogP contribution in [-0.2, 0) is 20.8 Å². The number of carbonyl (C=O) groups excluding carboxylic acids is 1. The predicted molar refractivity (Wildman–Crippen MR) is 152 cm³/mol. The molecule has 4 rings (SSSR count). The van der Waals surface area contributed by atoms with E-state index >= 15 is 0 Å². The molecule has 1 heterocycles. The number of ether oxygens (including phenoxy) is 2. The van der Waals surface area contributed by atoms with Gasteiger partial charge in [-0.2, -0.15) is 13.2 Å². The Morgan fingerprint density at radius 1 is 0.978 bits per heavy atom. The van der Waals surface area contributed by atoms with Crippen molar-refractivity contribution in [3.05, 3.63) is 89.5 Å². The van der Waals surface area contributed by atoms with E-state index in [-0.39, 0.29) is 34.9 Å². The van der Waals surface area contributed by atoms with Gasteiger partial charge in [-0.25, -0.2) is 8.42 Å². The zero-order valence-electron chi connectivity index (χ0n) is 23.8. The fourth-order valence-corrected chi connectivity index (χ4v) is 5.78. The van der Waals surface area contributed by atoms with Gasteiger partial charge in [0.2, 0.25) is 0 Å². The number of amides is 1. The minimum absolute atomic E-state index is 0.0792. The van der Waals surface area contributed by atoms with E-state index in [1.54, 1.807) is 4.90 Å². The van der Waals surface area contributed by atoms with Gasteiger partial charge >= 0.3 is 12.5 Å². The molecule has 1 fully saturated rings. The summed E-state index contributed by atoms with van der Waals surface area (Å²) < 4.78 is 111. The molecule has 1 amide bonds. The summed E-state index contributed by atoms with van der Waals surface area (Å²) in [5.74, 6) is -0.520. The van der Waals surface area contributed by atoms with E-state index in [1.165, 1.54) is 55.5 Å². The second kappa shape index (κ2) is 13.7. The molecule has 0 bridgehead atoms. The lowest BCUT2D eigenvalue weighted by atomic mass is 10.1. The lowest BCUT2D eigenvalue weighted by Gasteiger charge is -2.26. The first-order valence-electron chi connectivity index (χ1n) is 13.8. The number of aliphatic hydroxyl groups is 1. The van der Waals surface area contributed by atoms with Crippen molar-refractivity contribution in [2.45, 2.75) is 49.0 Å². The molecule has 45 heavy (non-hydrogen) atoms. The van der Waals surface area contributed by atoms with Crippen LogP contribution in [0, 0.1) is 0 Å². The average molecular weight is 661 g/mol. The molecule has 0 aromatic heterocycles. The molecule has 1 aliphatic heterocycles. The Hall–Kier alpha value is -3.82. The molecule has 8 nitrogen and oxygen atoms in total. The van der Waals surface area contributed by atoms with Gasteiger partial charge in [-0.15, -0.1) is 13.2 Å². The van der Waals surface area contributed by atoms with E-state index < -0.39 is 65.2 Å². The normalized spacial score (nSPS) is 18.1. The Balaban J connectivity index is 1.45. The highest BCUT2D eigenvalue weighted by Crippen LogP contribution is 2.33. The first kappa shape index (κ1) is 34.1. The number of sulfone groups is 1. The van der Waals surface area contributed by atoms with Crippen molar-refractivity contribution >= 4 is 21.4 Å². The fourth-order valence-electron chi connectivity index (χ4n) is 4.89. The molecular weight excluding hydrogens is 630 g/mol. The SMILES string of the molecule is CCS(=O)(=O)c1ccc([C@H](CO)NC(=O)c2ccc(N3C[C@H](Oc4ccc(C(F)(F)F)cc4)C[C@H]3COC(F)(F)F)cc2)cc1. The number of aliphatic hydroxyl groups excluding tert-OH is 1. The maximum atomic E-state index is 12.9. The first-order chi connectivity index (χ1) is 21.1. The maximum absolute atomic E-state index is 12.9. The molecule has 0 spiro atoms. The second-order valence-electron chi connectivity index (χ2n) is 10.3. The Morgan fingerprint density at radius 2 is 1.60 bits per heavy atom. The van der Waals surface area contributed by atoms with Crippen molar-refractivity contribution in [3.63, 3.8) is 0 Å². The molecular formula is C30H30F6N2O6S. The zero-order chi connectivity index (χ0) is 33.0. The van der Waals surface area contributed by atoms with E-state index in [9.17, 15) is 44.7 Å². The molecule has 1 aliphatic rings. The Labute approximate surface area is 255 Å². The van der Waals surface area contributed by atoms with Gasteiger partial charge in [-0.05, 0) is 66.2 Å². The van der Waals surface area contributed by atoms with Gasteiger partial charge in [0.1, 0.15) is 11.9 Å². The van der Waals surface area contributed by atoms with E-state index in [0.29, 0.717) is 11.3 Å². The predicted octanol–water partition coefficient (Wildman–Crippen LogP) is 5.53. The van der Waals surface area contributed by atoms with Crippen LogP contribution in [0.5, 0.6) is 5.75 Å². The number of nitrogens with zero attached hydrogens (tertiary/aromatic N) is 1. The summed E-state index contributed by atoms with van der Waals surface area (Å²) in [6.45, 7) is 0.406. The Bertz CT molecular complexity index is 1550. The van der Waals surface area contributed by atoms with Crippen molar-refractivity contribution in [1.82, 2.24) is 5.32 Å². The molecule has 3 aromatic carbocycles. The number of hydrogen-bond acceptors (Lipinski definition) is 7. The second-order valence-corrected chi connectivity index (χ2v) is 12.6. The fraction of sp³-hybridized carbons (Fsp3) is 0.367. The van der Waals surface area contributed by atoms with Crippen LogP contribution in [0.25, 0.3) is 0 Å². The highest BCUT2D eigenvalue weighted by atomic mass is 32.2. The maximum Gasteiger partial charge on any atom is 0.522 e. The van der Waals surface area contributed by atoms with Crippen LogP contribution >= 0.6 is 0 Å². The summed E-state index contributed by atoms with van der Waals surface area (Å²) >= 11 is 0. The van der Waals surface area contributed by atoms with Gasteiger partial charge in [0.15, 0.2) is 9.84 Å². The van der Waals surface area contributed by atoms with E-state index in [4.69, 9.17) is 4.74 Å². The zero-order valence-corrected chi connectivity index (χ0v) is 24.6. The number of nitrogens with one attached hydrogen (secondary N) is 1. The topological polar surface area (TPSA) is 105 Å². The first-order valence-corrected chi connectivity index (χ1v) is 15.4. The number of benzene rings is 3. The van der Waals surface area contributed by atoms with Gasteiger partial charge in [-0.3, -0.25) is 9.53 Å². The molecule has 244 valence electrons. The smallest absolute Gasteiger partial charge is 0.489 e. The minimum Gasteiger partial charge on any atom is -0.489 e. The summed E-state index contributed by atoms with van der Waals surface area (Å²) in [7, 11) is -3.43. The molecule has 3 aromatic rings. The highest BCUT2D eigenvalue weighted by Gasteiger charge is 2.38.